The molecule has 0 fully saturated rings. The Bertz CT molecular complexity index is 1250. The molecular weight excluding hydrogens is 443 g/mol. The van der Waals surface area contributed by atoms with Crippen molar-refractivity contribution in [3.05, 3.63) is 78.0 Å². The number of anilines is 3. The van der Waals surface area contributed by atoms with E-state index in [0.29, 0.717) is 37.0 Å². The van der Waals surface area contributed by atoms with Crippen molar-refractivity contribution in [2.75, 3.05) is 30.0 Å². The van der Waals surface area contributed by atoms with Gasteiger partial charge in [-0.1, -0.05) is 18.2 Å². The van der Waals surface area contributed by atoms with Crippen LogP contribution >= 0.6 is 0 Å². The van der Waals surface area contributed by atoms with Gasteiger partial charge in [0.1, 0.15) is 23.3 Å². The minimum Gasteiger partial charge on any atom is -0.363 e. The number of nitrogens with one attached hydrogen (secondary N) is 2. The van der Waals surface area contributed by atoms with Gasteiger partial charge in [-0.3, -0.25) is 4.98 Å². The van der Waals surface area contributed by atoms with Gasteiger partial charge in [-0.2, -0.15) is 4.31 Å². The molecule has 172 valence electrons. The van der Waals surface area contributed by atoms with Gasteiger partial charge in [-0.05, 0) is 54.3 Å². The van der Waals surface area contributed by atoms with E-state index in [0.717, 1.165) is 16.7 Å². The van der Waals surface area contributed by atoms with Gasteiger partial charge in [0.2, 0.25) is 10.0 Å². The molecule has 0 aliphatic carbocycles. The lowest BCUT2D eigenvalue weighted by molar-refractivity contribution is 0.446. The molecule has 33 heavy (non-hydrogen) atoms. The van der Waals surface area contributed by atoms with Crippen molar-refractivity contribution in [3.63, 3.8) is 0 Å². The van der Waals surface area contributed by atoms with E-state index in [1.165, 1.54) is 22.7 Å². The molecule has 8 nitrogen and oxygen atoms in total. The molecule has 2 aromatic heterocycles. The first-order chi connectivity index (χ1) is 15.8. The van der Waals surface area contributed by atoms with E-state index in [1.54, 1.807) is 30.7 Å². The second kappa shape index (κ2) is 9.63. The molecule has 1 aliphatic rings. The number of halogens is 1. The SMILES string of the molecule is C[C@H](Nc1cc(C2=CCN(S(C)(=O)=O)CC2)cc(Nc2cnccn2)n1)c1ccc(F)cc1. The van der Waals surface area contributed by atoms with Crippen molar-refractivity contribution in [2.45, 2.75) is 19.4 Å². The highest BCUT2D eigenvalue weighted by molar-refractivity contribution is 7.88. The quantitative estimate of drug-likeness (QED) is 0.541. The van der Waals surface area contributed by atoms with Gasteiger partial charge in [-0.25, -0.2) is 22.8 Å². The number of benzene rings is 1. The first-order valence-electron chi connectivity index (χ1n) is 10.5. The molecule has 1 atom stereocenters. The van der Waals surface area contributed by atoms with Crippen molar-refractivity contribution in [3.8, 4) is 0 Å². The molecule has 0 saturated carbocycles. The minimum atomic E-state index is -3.23. The molecule has 0 spiro atoms. The average molecular weight is 469 g/mol. The summed E-state index contributed by atoms with van der Waals surface area (Å²) in [5.74, 6) is 1.48. The molecule has 0 unspecified atom stereocenters. The maximum absolute atomic E-state index is 13.3. The van der Waals surface area contributed by atoms with Crippen LogP contribution in [0.2, 0.25) is 0 Å². The predicted molar refractivity (Wildman–Crippen MR) is 127 cm³/mol. The summed E-state index contributed by atoms with van der Waals surface area (Å²) in [6, 6.07) is 10.1. The second-order valence-electron chi connectivity index (χ2n) is 7.86. The smallest absolute Gasteiger partial charge is 0.211 e. The fourth-order valence-electron chi connectivity index (χ4n) is 3.62. The van der Waals surface area contributed by atoms with Crippen LogP contribution in [-0.2, 0) is 10.0 Å². The third-order valence-corrected chi connectivity index (χ3v) is 6.66. The fourth-order valence-corrected chi connectivity index (χ4v) is 4.39. The summed E-state index contributed by atoms with van der Waals surface area (Å²) in [5.41, 5.74) is 2.89. The summed E-state index contributed by atoms with van der Waals surface area (Å²) >= 11 is 0. The molecule has 3 heterocycles. The van der Waals surface area contributed by atoms with Gasteiger partial charge < -0.3 is 10.6 Å². The summed E-state index contributed by atoms with van der Waals surface area (Å²) in [4.78, 5) is 13.0. The fraction of sp³-hybridized carbons (Fsp3) is 0.261. The zero-order valence-corrected chi connectivity index (χ0v) is 19.2. The zero-order chi connectivity index (χ0) is 23.4. The van der Waals surface area contributed by atoms with Crippen LogP contribution < -0.4 is 10.6 Å². The lowest BCUT2D eigenvalue weighted by atomic mass is 10.0. The first kappa shape index (κ1) is 22.8. The van der Waals surface area contributed by atoms with E-state index in [4.69, 9.17) is 0 Å². The molecule has 0 amide bonds. The molecule has 1 aromatic carbocycles. The summed E-state index contributed by atoms with van der Waals surface area (Å²) in [5, 5.41) is 6.54. The largest absolute Gasteiger partial charge is 0.363 e. The Labute approximate surface area is 192 Å². The van der Waals surface area contributed by atoms with Crippen LogP contribution in [0.3, 0.4) is 0 Å². The van der Waals surface area contributed by atoms with Crippen molar-refractivity contribution in [2.24, 2.45) is 0 Å². The average Bonchev–Trinajstić information content (AvgIpc) is 2.79. The molecular formula is C23H25FN6O2S. The Morgan fingerprint density at radius 2 is 1.85 bits per heavy atom. The van der Waals surface area contributed by atoms with E-state index in [-0.39, 0.29) is 11.9 Å². The minimum absolute atomic E-state index is 0.112. The normalized spacial score (nSPS) is 15.5. The topological polar surface area (TPSA) is 100 Å². The van der Waals surface area contributed by atoms with Gasteiger partial charge in [0, 0.05) is 31.5 Å². The highest BCUT2D eigenvalue weighted by Crippen LogP contribution is 2.29. The number of nitrogens with zero attached hydrogens (tertiary/aromatic N) is 4. The number of hydrogen-bond acceptors (Lipinski definition) is 7. The van der Waals surface area contributed by atoms with Crippen molar-refractivity contribution >= 4 is 33.0 Å². The summed E-state index contributed by atoms with van der Waals surface area (Å²) in [7, 11) is -3.23. The first-order valence-corrected chi connectivity index (χ1v) is 12.3. The third kappa shape index (κ3) is 5.91. The van der Waals surface area contributed by atoms with E-state index < -0.39 is 10.0 Å². The van der Waals surface area contributed by atoms with Crippen LogP contribution in [0.5, 0.6) is 0 Å². The predicted octanol–water partition coefficient (Wildman–Crippen LogP) is 3.98. The van der Waals surface area contributed by atoms with Crippen LogP contribution in [0.4, 0.5) is 21.8 Å². The molecule has 4 rings (SSSR count). The van der Waals surface area contributed by atoms with Crippen molar-refractivity contribution < 1.29 is 12.8 Å². The Morgan fingerprint density at radius 3 is 2.48 bits per heavy atom. The van der Waals surface area contributed by atoms with E-state index >= 15 is 0 Å². The van der Waals surface area contributed by atoms with Crippen molar-refractivity contribution in [1.29, 1.82) is 0 Å². The Kier molecular flexibility index (Phi) is 6.66. The maximum atomic E-state index is 13.3. The van der Waals surface area contributed by atoms with Crippen LogP contribution in [0, 0.1) is 5.82 Å². The van der Waals surface area contributed by atoms with Gasteiger partial charge in [0.25, 0.3) is 0 Å². The van der Waals surface area contributed by atoms with E-state index in [9.17, 15) is 12.8 Å². The number of hydrogen-bond donors (Lipinski definition) is 2. The van der Waals surface area contributed by atoms with Gasteiger partial charge >= 0.3 is 0 Å². The van der Waals surface area contributed by atoms with Gasteiger partial charge in [-0.15, -0.1) is 0 Å². The van der Waals surface area contributed by atoms with Crippen LogP contribution in [-0.4, -0.2) is 47.0 Å². The molecule has 1 aliphatic heterocycles. The molecule has 2 N–H and O–H groups in total. The summed E-state index contributed by atoms with van der Waals surface area (Å²) in [6.07, 6.45) is 8.53. The summed E-state index contributed by atoms with van der Waals surface area (Å²) < 4.78 is 38.4. The van der Waals surface area contributed by atoms with E-state index in [1.807, 2.05) is 25.1 Å². The zero-order valence-electron chi connectivity index (χ0n) is 18.4. The maximum Gasteiger partial charge on any atom is 0.211 e. The van der Waals surface area contributed by atoms with Crippen LogP contribution in [0.25, 0.3) is 5.57 Å². The van der Waals surface area contributed by atoms with Crippen LogP contribution in [0.1, 0.15) is 30.5 Å². The standard InChI is InChI=1S/C23H25FN6O2S/c1-16(17-3-5-20(24)6-4-17)27-21-13-19(18-7-11-30(12-8-18)33(2,31)32)14-22(28-21)29-23-15-25-9-10-26-23/h3-7,9-10,13-16H,8,11-12H2,1-2H3,(H2,26,27,28,29)/t16-/m0/s1. The Balaban J connectivity index is 1.63. The Hall–Kier alpha value is -3.37. The molecule has 0 bridgehead atoms. The van der Waals surface area contributed by atoms with Gasteiger partial charge in [0.05, 0.1) is 12.5 Å². The number of aromatic nitrogens is 3. The second-order valence-corrected chi connectivity index (χ2v) is 9.84. The Morgan fingerprint density at radius 1 is 1.09 bits per heavy atom. The monoisotopic (exact) mass is 468 g/mol. The van der Waals surface area contributed by atoms with Gasteiger partial charge in [0.15, 0.2) is 0 Å². The molecule has 10 heteroatoms. The van der Waals surface area contributed by atoms with Crippen molar-refractivity contribution in [1.82, 2.24) is 19.3 Å². The number of rotatable bonds is 7. The summed E-state index contributed by atoms with van der Waals surface area (Å²) in [6.45, 7) is 2.73. The molecule has 0 radical (unpaired) electrons. The highest BCUT2D eigenvalue weighted by atomic mass is 32.2. The molecule has 3 aromatic rings. The van der Waals surface area contributed by atoms with Crippen LogP contribution in [0.15, 0.2) is 61.1 Å². The number of sulfonamides is 1. The molecule has 0 saturated heterocycles. The highest BCUT2D eigenvalue weighted by Gasteiger charge is 2.21. The van der Waals surface area contributed by atoms with E-state index in [2.05, 4.69) is 25.6 Å². The number of pyridine rings is 1. The third-order valence-electron chi connectivity index (χ3n) is 5.39. The lowest BCUT2D eigenvalue weighted by Gasteiger charge is -2.25. The lowest BCUT2D eigenvalue weighted by Crippen LogP contribution is -2.33.